The van der Waals surface area contributed by atoms with Crippen molar-refractivity contribution < 1.29 is 8.78 Å². The molecule has 4 rings (SSSR count). The minimum absolute atomic E-state index is 0.0407. The normalized spacial score (nSPS) is 10.7. The molecule has 2 heterocycles. The third-order valence-electron chi connectivity index (χ3n) is 4.18. The Labute approximate surface area is 164 Å². The van der Waals surface area contributed by atoms with Crippen LogP contribution in [0.2, 0.25) is 0 Å². The number of nitrogen functional groups attached to an aromatic ring is 1. The van der Waals surface area contributed by atoms with Gasteiger partial charge in [0, 0.05) is 17.2 Å². The van der Waals surface area contributed by atoms with Gasteiger partial charge in [-0.3, -0.25) is 0 Å². The SMILES string of the molecule is N#Cc1cccc(-c2cc(-c3cn(Cc4ccc(F)cc4F)nn3)nc(N)n2)c1. The zero-order valence-electron chi connectivity index (χ0n) is 14.9. The fourth-order valence-electron chi connectivity index (χ4n) is 2.81. The van der Waals surface area contributed by atoms with E-state index in [9.17, 15) is 8.78 Å². The lowest BCUT2D eigenvalue weighted by atomic mass is 10.1. The Morgan fingerprint density at radius 3 is 2.62 bits per heavy atom. The van der Waals surface area contributed by atoms with Gasteiger partial charge in [0.15, 0.2) is 0 Å². The first kappa shape index (κ1) is 18.2. The molecule has 0 bridgehead atoms. The number of nitrogens with zero attached hydrogens (tertiary/aromatic N) is 6. The summed E-state index contributed by atoms with van der Waals surface area (Å²) in [5.41, 5.74) is 8.70. The lowest BCUT2D eigenvalue weighted by molar-refractivity contribution is 0.554. The van der Waals surface area contributed by atoms with Crippen molar-refractivity contribution >= 4 is 5.95 Å². The van der Waals surface area contributed by atoms with E-state index in [1.165, 1.54) is 16.8 Å². The average molecular weight is 389 g/mol. The van der Waals surface area contributed by atoms with E-state index in [1.807, 2.05) is 0 Å². The van der Waals surface area contributed by atoms with E-state index >= 15 is 0 Å². The van der Waals surface area contributed by atoms with E-state index in [2.05, 4.69) is 26.3 Å². The van der Waals surface area contributed by atoms with Crippen LogP contribution < -0.4 is 5.73 Å². The Morgan fingerprint density at radius 2 is 1.83 bits per heavy atom. The van der Waals surface area contributed by atoms with Crippen LogP contribution >= 0.6 is 0 Å². The van der Waals surface area contributed by atoms with Crippen LogP contribution in [0.4, 0.5) is 14.7 Å². The lowest BCUT2D eigenvalue weighted by Crippen LogP contribution is -2.03. The van der Waals surface area contributed by atoms with Gasteiger partial charge in [0.25, 0.3) is 0 Å². The first-order chi connectivity index (χ1) is 14.0. The van der Waals surface area contributed by atoms with Crippen LogP contribution in [0, 0.1) is 23.0 Å². The summed E-state index contributed by atoms with van der Waals surface area (Å²) in [5.74, 6) is -1.26. The molecule has 0 radical (unpaired) electrons. The molecule has 0 atom stereocenters. The molecule has 0 saturated heterocycles. The van der Waals surface area contributed by atoms with Gasteiger partial charge in [0.1, 0.15) is 17.3 Å². The molecule has 0 amide bonds. The molecule has 4 aromatic rings. The largest absolute Gasteiger partial charge is 0.368 e. The minimum Gasteiger partial charge on any atom is -0.368 e. The fourth-order valence-corrected chi connectivity index (χ4v) is 2.81. The molecule has 7 nitrogen and oxygen atoms in total. The second-order valence-corrected chi connectivity index (χ2v) is 6.23. The highest BCUT2D eigenvalue weighted by Gasteiger charge is 2.12. The third kappa shape index (κ3) is 3.91. The van der Waals surface area contributed by atoms with Gasteiger partial charge >= 0.3 is 0 Å². The first-order valence-electron chi connectivity index (χ1n) is 8.51. The maximum absolute atomic E-state index is 13.9. The van der Waals surface area contributed by atoms with Gasteiger partial charge in [-0.05, 0) is 24.3 Å². The van der Waals surface area contributed by atoms with Crippen LogP contribution in [0.1, 0.15) is 11.1 Å². The number of anilines is 1. The summed E-state index contributed by atoms with van der Waals surface area (Å²) >= 11 is 0. The van der Waals surface area contributed by atoms with Crippen molar-refractivity contribution in [3.8, 4) is 28.7 Å². The molecule has 9 heteroatoms. The van der Waals surface area contributed by atoms with E-state index in [1.54, 1.807) is 36.5 Å². The molecular formula is C20H13F2N7. The quantitative estimate of drug-likeness (QED) is 0.575. The van der Waals surface area contributed by atoms with Crippen LogP contribution in [-0.4, -0.2) is 25.0 Å². The number of benzene rings is 2. The second-order valence-electron chi connectivity index (χ2n) is 6.23. The number of rotatable bonds is 4. The monoisotopic (exact) mass is 389 g/mol. The topological polar surface area (TPSA) is 106 Å². The van der Waals surface area contributed by atoms with Gasteiger partial charge in [0.05, 0.1) is 35.8 Å². The van der Waals surface area contributed by atoms with Crippen molar-refractivity contribution in [2.24, 2.45) is 0 Å². The zero-order chi connectivity index (χ0) is 20.4. The molecule has 0 fully saturated rings. The number of aromatic nitrogens is 5. The van der Waals surface area contributed by atoms with Crippen molar-refractivity contribution in [2.75, 3.05) is 5.73 Å². The van der Waals surface area contributed by atoms with E-state index in [-0.39, 0.29) is 18.1 Å². The van der Waals surface area contributed by atoms with Crippen molar-refractivity contribution in [1.29, 1.82) is 5.26 Å². The van der Waals surface area contributed by atoms with E-state index < -0.39 is 11.6 Å². The predicted molar refractivity (Wildman–Crippen MR) is 101 cm³/mol. The summed E-state index contributed by atoms with van der Waals surface area (Å²) in [7, 11) is 0. The summed E-state index contributed by atoms with van der Waals surface area (Å²) in [6.45, 7) is 0.0801. The van der Waals surface area contributed by atoms with Crippen LogP contribution in [0.25, 0.3) is 22.6 Å². The molecule has 0 aliphatic carbocycles. The van der Waals surface area contributed by atoms with Crippen LogP contribution in [0.15, 0.2) is 54.7 Å². The lowest BCUT2D eigenvalue weighted by Gasteiger charge is -2.05. The highest BCUT2D eigenvalue weighted by Crippen LogP contribution is 2.24. The Bertz CT molecular complexity index is 1240. The van der Waals surface area contributed by atoms with E-state index in [4.69, 9.17) is 11.0 Å². The molecule has 0 aliphatic rings. The molecule has 2 aromatic carbocycles. The van der Waals surface area contributed by atoms with Crippen LogP contribution in [-0.2, 0) is 6.54 Å². The average Bonchev–Trinajstić information content (AvgIpc) is 3.18. The Balaban J connectivity index is 1.65. The molecular weight excluding hydrogens is 376 g/mol. The zero-order valence-corrected chi connectivity index (χ0v) is 14.9. The summed E-state index contributed by atoms with van der Waals surface area (Å²) in [5, 5.41) is 17.1. The summed E-state index contributed by atoms with van der Waals surface area (Å²) in [4.78, 5) is 8.40. The van der Waals surface area contributed by atoms with Gasteiger partial charge in [-0.1, -0.05) is 23.4 Å². The highest BCUT2D eigenvalue weighted by atomic mass is 19.1. The maximum atomic E-state index is 13.9. The first-order valence-corrected chi connectivity index (χ1v) is 8.51. The molecule has 0 saturated carbocycles. The minimum atomic E-state index is -0.659. The Morgan fingerprint density at radius 1 is 1.00 bits per heavy atom. The summed E-state index contributed by atoms with van der Waals surface area (Å²) in [6, 6.07) is 14.1. The third-order valence-corrected chi connectivity index (χ3v) is 4.18. The van der Waals surface area contributed by atoms with E-state index in [0.717, 1.165) is 6.07 Å². The predicted octanol–water partition coefficient (Wildman–Crippen LogP) is 3.18. The van der Waals surface area contributed by atoms with Gasteiger partial charge in [-0.25, -0.2) is 23.4 Å². The molecule has 0 aliphatic heterocycles. The van der Waals surface area contributed by atoms with Gasteiger partial charge in [0.2, 0.25) is 5.95 Å². The summed E-state index contributed by atoms with van der Waals surface area (Å²) in [6.07, 6.45) is 1.58. The maximum Gasteiger partial charge on any atom is 0.221 e. The number of nitriles is 1. The number of hydrogen-bond acceptors (Lipinski definition) is 6. The molecule has 142 valence electrons. The molecule has 0 unspecified atom stereocenters. The molecule has 2 N–H and O–H groups in total. The van der Waals surface area contributed by atoms with Gasteiger partial charge in [-0.15, -0.1) is 5.10 Å². The number of halogens is 2. The Kier molecular flexibility index (Phi) is 4.66. The second kappa shape index (κ2) is 7.44. The number of nitrogens with two attached hydrogens (primary N) is 1. The van der Waals surface area contributed by atoms with Crippen molar-refractivity contribution in [3.63, 3.8) is 0 Å². The van der Waals surface area contributed by atoms with Crippen molar-refractivity contribution in [1.82, 2.24) is 25.0 Å². The van der Waals surface area contributed by atoms with Crippen LogP contribution in [0.3, 0.4) is 0 Å². The Hall–Kier alpha value is -4.19. The number of hydrogen-bond donors (Lipinski definition) is 1. The molecule has 2 aromatic heterocycles. The highest BCUT2D eigenvalue weighted by molar-refractivity contribution is 5.68. The van der Waals surface area contributed by atoms with E-state index in [0.29, 0.717) is 28.2 Å². The molecule has 29 heavy (non-hydrogen) atoms. The van der Waals surface area contributed by atoms with Gasteiger partial charge < -0.3 is 5.73 Å². The van der Waals surface area contributed by atoms with Crippen molar-refractivity contribution in [3.05, 3.63) is 77.5 Å². The smallest absolute Gasteiger partial charge is 0.221 e. The standard InChI is InChI=1S/C20H13F2N7/c21-15-5-4-14(16(22)7-15)10-29-11-19(27-28-29)18-8-17(25-20(24)26-18)13-3-1-2-12(6-13)9-23/h1-8,11H,10H2,(H2,24,25,26). The van der Waals surface area contributed by atoms with Crippen molar-refractivity contribution in [2.45, 2.75) is 6.54 Å². The fraction of sp³-hybridized carbons (Fsp3) is 0.0500. The summed E-state index contributed by atoms with van der Waals surface area (Å²) < 4.78 is 28.3. The van der Waals surface area contributed by atoms with Crippen LogP contribution in [0.5, 0.6) is 0 Å². The molecule has 0 spiro atoms. The van der Waals surface area contributed by atoms with Gasteiger partial charge in [-0.2, -0.15) is 5.26 Å².